The van der Waals surface area contributed by atoms with Crippen LogP contribution in [0.25, 0.3) is 6.08 Å². The number of rotatable bonds is 9. The molecule has 0 aromatic heterocycles. The zero-order valence-electron chi connectivity index (χ0n) is 20.7. The van der Waals surface area contributed by atoms with Crippen molar-refractivity contribution in [3.05, 3.63) is 93.3 Å². The number of hydrogen-bond donors (Lipinski definition) is 2. The van der Waals surface area contributed by atoms with Gasteiger partial charge in [-0.25, -0.2) is 14.1 Å². The minimum atomic E-state index is -0.695. The van der Waals surface area contributed by atoms with Gasteiger partial charge in [-0.1, -0.05) is 24.3 Å². The Morgan fingerprint density at radius 3 is 2.63 bits per heavy atom. The number of anilines is 1. The van der Waals surface area contributed by atoms with Gasteiger partial charge in [-0.05, 0) is 88.9 Å². The summed E-state index contributed by atoms with van der Waals surface area (Å²) < 4.78 is 25.7. The summed E-state index contributed by atoms with van der Waals surface area (Å²) in [5, 5.41) is 5.20. The summed E-state index contributed by atoms with van der Waals surface area (Å²) in [7, 11) is 0. The van der Waals surface area contributed by atoms with Crippen LogP contribution in [-0.2, 0) is 16.2 Å². The lowest BCUT2D eigenvalue weighted by molar-refractivity contribution is -0.127. The number of nitrogens with zero attached hydrogens (tertiary/aromatic N) is 1. The van der Waals surface area contributed by atoms with E-state index in [1.807, 2.05) is 19.9 Å². The molecule has 0 unspecified atom stereocenters. The lowest BCUT2D eigenvalue weighted by Crippen LogP contribution is -2.38. The molecule has 1 aliphatic rings. The van der Waals surface area contributed by atoms with Crippen molar-refractivity contribution in [2.45, 2.75) is 20.5 Å². The van der Waals surface area contributed by atoms with Gasteiger partial charge >= 0.3 is 6.03 Å². The molecule has 3 aromatic rings. The second-order valence-electron chi connectivity index (χ2n) is 8.48. The number of urea groups is 1. The molecule has 2 N–H and O–H groups in total. The summed E-state index contributed by atoms with van der Waals surface area (Å²) in [6, 6.07) is 16.0. The van der Waals surface area contributed by atoms with Gasteiger partial charge < -0.3 is 20.1 Å². The number of hydrogen-bond acceptors (Lipinski definition) is 5. The van der Waals surface area contributed by atoms with Gasteiger partial charge in [0.25, 0.3) is 5.91 Å². The summed E-state index contributed by atoms with van der Waals surface area (Å²) in [5.41, 5.74) is 2.75. The van der Waals surface area contributed by atoms with Gasteiger partial charge in [0.05, 0.1) is 11.1 Å². The normalized spacial score (nSPS) is 14.0. The van der Waals surface area contributed by atoms with E-state index in [0.717, 1.165) is 10.5 Å². The number of imide groups is 1. The summed E-state index contributed by atoms with van der Waals surface area (Å²) in [6.45, 7) is 3.74. The highest BCUT2D eigenvalue weighted by atomic mass is 79.9. The first-order valence-corrected chi connectivity index (χ1v) is 12.6. The number of nitrogens with one attached hydrogen (secondary N) is 2. The highest BCUT2D eigenvalue weighted by molar-refractivity contribution is 9.10. The second kappa shape index (κ2) is 11.9. The molecule has 0 bridgehead atoms. The van der Waals surface area contributed by atoms with Crippen LogP contribution >= 0.6 is 15.9 Å². The maximum atomic E-state index is 13.5. The fraction of sp³-hybridized carbons (Fsp3) is 0.179. The SMILES string of the molecule is CCOc1cc(/C=C2/NC(=O)N(CC(=O)Nc3cccc(C)c3)C2=O)cc(Br)c1OCc1cccc(F)c1. The first-order valence-electron chi connectivity index (χ1n) is 11.8. The third-order valence-electron chi connectivity index (χ3n) is 5.48. The number of halogens is 2. The average Bonchev–Trinajstić information content (AvgIpc) is 3.11. The Kier molecular flexibility index (Phi) is 8.42. The fourth-order valence-electron chi connectivity index (χ4n) is 3.81. The standard InChI is InChI=1S/C28H25BrFN3O5/c1-3-37-24-14-19(12-22(29)26(24)38-16-18-7-5-8-20(30)11-18)13-23-27(35)33(28(36)32-23)15-25(34)31-21-9-4-6-17(2)10-21/h4-14H,3,15-16H2,1-2H3,(H,31,34)(H,32,36)/b23-13+. The maximum absolute atomic E-state index is 13.5. The van der Waals surface area contributed by atoms with E-state index in [0.29, 0.717) is 39.4 Å². The fourth-order valence-corrected chi connectivity index (χ4v) is 4.38. The van der Waals surface area contributed by atoms with E-state index in [2.05, 4.69) is 26.6 Å². The predicted octanol–water partition coefficient (Wildman–Crippen LogP) is 5.41. The maximum Gasteiger partial charge on any atom is 0.329 e. The van der Waals surface area contributed by atoms with Crippen molar-refractivity contribution in [3.8, 4) is 11.5 Å². The van der Waals surface area contributed by atoms with Crippen molar-refractivity contribution >= 4 is 45.5 Å². The molecule has 0 atom stereocenters. The number of amides is 4. The van der Waals surface area contributed by atoms with Crippen LogP contribution in [0.4, 0.5) is 14.9 Å². The molecule has 0 radical (unpaired) electrons. The van der Waals surface area contributed by atoms with Gasteiger partial charge in [-0.3, -0.25) is 9.59 Å². The van der Waals surface area contributed by atoms with Crippen LogP contribution < -0.4 is 20.1 Å². The molecular formula is C28H25BrFN3O5. The zero-order chi connectivity index (χ0) is 27.2. The highest BCUT2D eigenvalue weighted by Crippen LogP contribution is 2.38. The van der Waals surface area contributed by atoms with E-state index in [1.54, 1.807) is 42.5 Å². The third kappa shape index (κ3) is 6.57. The molecule has 196 valence electrons. The van der Waals surface area contributed by atoms with Crippen molar-refractivity contribution in [1.29, 1.82) is 0 Å². The topological polar surface area (TPSA) is 97.0 Å². The van der Waals surface area contributed by atoms with E-state index in [9.17, 15) is 18.8 Å². The molecule has 1 heterocycles. The lowest BCUT2D eigenvalue weighted by Gasteiger charge is -2.15. The molecule has 1 fully saturated rings. The quantitative estimate of drug-likeness (QED) is 0.260. The monoisotopic (exact) mass is 581 g/mol. The van der Waals surface area contributed by atoms with Crippen molar-refractivity contribution in [2.24, 2.45) is 0 Å². The highest BCUT2D eigenvalue weighted by Gasteiger charge is 2.35. The Bertz CT molecular complexity index is 1430. The number of aryl methyl sites for hydroxylation is 1. The number of ether oxygens (including phenoxy) is 2. The summed E-state index contributed by atoms with van der Waals surface area (Å²) >= 11 is 3.47. The number of benzene rings is 3. The first kappa shape index (κ1) is 26.9. The van der Waals surface area contributed by atoms with Gasteiger partial charge in [0.1, 0.15) is 24.7 Å². The zero-order valence-corrected chi connectivity index (χ0v) is 22.3. The Morgan fingerprint density at radius 1 is 1.11 bits per heavy atom. The molecule has 0 saturated carbocycles. The van der Waals surface area contributed by atoms with Crippen molar-refractivity contribution in [3.63, 3.8) is 0 Å². The van der Waals surface area contributed by atoms with Crippen LogP contribution in [0.3, 0.4) is 0 Å². The molecular weight excluding hydrogens is 557 g/mol. The average molecular weight is 582 g/mol. The third-order valence-corrected chi connectivity index (χ3v) is 6.07. The molecule has 0 aliphatic carbocycles. The number of carbonyl (C=O) groups excluding carboxylic acids is 3. The van der Waals surface area contributed by atoms with Crippen molar-refractivity contribution in [1.82, 2.24) is 10.2 Å². The Hall–Kier alpha value is -4.18. The summed E-state index contributed by atoms with van der Waals surface area (Å²) in [4.78, 5) is 38.7. The van der Waals surface area contributed by atoms with Crippen LogP contribution in [-0.4, -0.2) is 35.9 Å². The molecule has 4 amide bonds. The molecule has 1 saturated heterocycles. The van der Waals surface area contributed by atoms with E-state index >= 15 is 0 Å². The molecule has 3 aromatic carbocycles. The van der Waals surface area contributed by atoms with E-state index in [1.165, 1.54) is 18.2 Å². The Labute approximate surface area is 227 Å². The van der Waals surface area contributed by atoms with Gasteiger partial charge in [0.2, 0.25) is 5.91 Å². The Balaban J connectivity index is 1.49. The van der Waals surface area contributed by atoms with Gasteiger partial charge in [0, 0.05) is 5.69 Å². The largest absolute Gasteiger partial charge is 0.490 e. The minimum Gasteiger partial charge on any atom is -0.490 e. The predicted molar refractivity (Wildman–Crippen MR) is 144 cm³/mol. The first-order chi connectivity index (χ1) is 18.2. The Morgan fingerprint density at radius 2 is 1.89 bits per heavy atom. The molecule has 38 heavy (non-hydrogen) atoms. The van der Waals surface area contributed by atoms with E-state index in [4.69, 9.17) is 9.47 Å². The van der Waals surface area contributed by atoms with Crippen molar-refractivity contribution < 1.29 is 28.2 Å². The lowest BCUT2D eigenvalue weighted by atomic mass is 10.1. The summed E-state index contributed by atoms with van der Waals surface area (Å²) in [5.74, 6) is -0.677. The molecule has 10 heteroatoms. The van der Waals surface area contributed by atoms with Crippen LogP contribution in [0.2, 0.25) is 0 Å². The van der Waals surface area contributed by atoms with Gasteiger partial charge in [0.15, 0.2) is 11.5 Å². The second-order valence-corrected chi connectivity index (χ2v) is 9.33. The van der Waals surface area contributed by atoms with Gasteiger partial charge in [-0.15, -0.1) is 0 Å². The number of carbonyl (C=O) groups is 3. The minimum absolute atomic E-state index is 0.0149. The van der Waals surface area contributed by atoms with Crippen molar-refractivity contribution in [2.75, 3.05) is 18.5 Å². The van der Waals surface area contributed by atoms with Crippen LogP contribution in [0.1, 0.15) is 23.6 Å². The summed E-state index contributed by atoms with van der Waals surface area (Å²) in [6.07, 6.45) is 1.49. The van der Waals surface area contributed by atoms with Crippen LogP contribution in [0, 0.1) is 12.7 Å². The van der Waals surface area contributed by atoms with E-state index < -0.39 is 24.4 Å². The van der Waals surface area contributed by atoms with Crippen LogP contribution in [0.15, 0.2) is 70.8 Å². The van der Waals surface area contributed by atoms with Gasteiger partial charge in [-0.2, -0.15) is 0 Å². The molecule has 8 nitrogen and oxygen atoms in total. The van der Waals surface area contributed by atoms with E-state index in [-0.39, 0.29) is 18.1 Å². The molecule has 1 aliphatic heterocycles. The smallest absolute Gasteiger partial charge is 0.329 e. The molecule has 0 spiro atoms. The molecule has 4 rings (SSSR count). The van der Waals surface area contributed by atoms with Crippen LogP contribution in [0.5, 0.6) is 11.5 Å².